The number of carbonyl (C=O) groups excluding carboxylic acids is 1. The molecule has 2 aliphatic heterocycles. The number of nitrogens with one attached hydrogen (secondary N) is 2. The van der Waals surface area contributed by atoms with E-state index in [2.05, 4.69) is 34.9 Å². The van der Waals surface area contributed by atoms with Crippen LogP contribution >= 0.6 is 0 Å². The predicted octanol–water partition coefficient (Wildman–Crippen LogP) is 1.62. The average Bonchev–Trinajstić information content (AvgIpc) is 2.68. The first-order chi connectivity index (χ1) is 11.7. The highest BCUT2D eigenvalue weighted by molar-refractivity contribution is 5.85. The molecule has 0 radical (unpaired) electrons. The number of hydrogen-bond acceptors (Lipinski definition) is 4. The molecule has 2 heterocycles. The van der Waals surface area contributed by atoms with Gasteiger partial charge in [0.05, 0.1) is 0 Å². The minimum Gasteiger partial charge on any atom is -0.381 e. The number of piperidine rings is 1. The van der Waals surface area contributed by atoms with Crippen LogP contribution < -0.4 is 10.6 Å². The van der Waals surface area contributed by atoms with Crippen molar-refractivity contribution in [1.29, 1.82) is 0 Å². The van der Waals surface area contributed by atoms with Crippen molar-refractivity contribution >= 4 is 5.91 Å². The maximum absolute atomic E-state index is 12.9. The summed E-state index contributed by atoms with van der Waals surface area (Å²) in [7, 11) is 1.65. The molecular weight excluding hydrogens is 304 g/mol. The molecule has 2 N–H and O–H groups in total. The first-order valence-corrected chi connectivity index (χ1v) is 8.88. The van der Waals surface area contributed by atoms with Gasteiger partial charge in [0.15, 0.2) is 0 Å². The van der Waals surface area contributed by atoms with Crippen molar-refractivity contribution in [3.8, 4) is 0 Å². The molecule has 24 heavy (non-hydrogen) atoms. The van der Waals surface area contributed by atoms with Gasteiger partial charge >= 0.3 is 0 Å². The summed E-state index contributed by atoms with van der Waals surface area (Å²) >= 11 is 0. The molecule has 132 valence electrons. The van der Waals surface area contributed by atoms with Gasteiger partial charge in [-0.2, -0.15) is 0 Å². The minimum atomic E-state index is -0.686. The molecule has 0 atom stereocenters. The number of ether oxygens (including phenoxy) is 2. The van der Waals surface area contributed by atoms with E-state index >= 15 is 0 Å². The second-order valence-electron chi connectivity index (χ2n) is 6.89. The minimum absolute atomic E-state index is 0.0216. The van der Waals surface area contributed by atoms with E-state index in [4.69, 9.17) is 9.47 Å². The van der Waals surface area contributed by atoms with Crippen LogP contribution in [0.1, 0.15) is 31.2 Å². The number of hydrogen-bond donors (Lipinski definition) is 2. The SMILES string of the molecule is COC1(C(=O)NCC2(c3ccccc3)CCOCC2)CCNCC1. The van der Waals surface area contributed by atoms with Gasteiger partial charge in [-0.1, -0.05) is 30.3 Å². The summed E-state index contributed by atoms with van der Waals surface area (Å²) in [6.07, 6.45) is 3.30. The van der Waals surface area contributed by atoms with Crippen LogP contribution in [0.3, 0.4) is 0 Å². The number of amides is 1. The van der Waals surface area contributed by atoms with E-state index in [0.717, 1.165) is 52.0 Å². The van der Waals surface area contributed by atoms with E-state index in [9.17, 15) is 4.79 Å². The molecule has 5 heteroatoms. The Labute approximate surface area is 144 Å². The molecule has 2 saturated heterocycles. The van der Waals surface area contributed by atoms with Gasteiger partial charge in [0.2, 0.25) is 0 Å². The third kappa shape index (κ3) is 3.48. The van der Waals surface area contributed by atoms with Crippen LogP contribution in [-0.2, 0) is 19.7 Å². The van der Waals surface area contributed by atoms with Gasteiger partial charge in [-0.15, -0.1) is 0 Å². The molecule has 2 fully saturated rings. The van der Waals surface area contributed by atoms with Gasteiger partial charge in [0.25, 0.3) is 5.91 Å². The predicted molar refractivity (Wildman–Crippen MR) is 93.0 cm³/mol. The highest BCUT2D eigenvalue weighted by Crippen LogP contribution is 2.34. The Bertz CT molecular complexity index is 535. The zero-order chi connectivity index (χ0) is 16.9. The van der Waals surface area contributed by atoms with Crippen molar-refractivity contribution < 1.29 is 14.3 Å². The van der Waals surface area contributed by atoms with Gasteiger partial charge < -0.3 is 20.1 Å². The van der Waals surface area contributed by atoms with E-state index in [0.29, 0.717) is 6.54 Å². The van der Waals surface area contributed by atoms with Crippen molar-refractivity contribution in [1.82, 2.24) is 10.6 Å². The van der Waals surface area contributed by atoms with Crippen LogP contribution in [0.15, 0.2) is 30.3 Å². The first-order valence-electron chi connectivity index (χ1n) is 8.88. The summed E-state index contributed by atoms with van der Waals surface area (Å²) in [5, 5.41) is 6.50. The second kappa shape index (κ2) is 7.64. The lowest BCUT2D eigenvalue weighted by Gasteiger charge is -2.40. The summed E-state index contributed by atoms with van der Waals surface area (Å²) in [5.74, 6) is 0.0216. The lowest BCUT2D eigenvalue weighted by atomic mass is 9.74. The van der Waals surface area contributed by atoms with Crippen LogP contribution in [0.5, 0.6) is 0 Å². The Morgan fingerprint density at radius 1 is 1.17 bits per heavy atom. The van der Waals surface area contributed by atoms with Crippen LogP contribution in [0, 0.1) is 0 Å². The summed E-state index contributed by atoms with van der Waals surface area (Å²) in [6.45, 7) is 3.75. The Morgan fingerprint density at radius 3 is 2.46 bits per heavy atom. The van der Waals surface area contributed by atoms with E-state index in [1.165, 1.54) is 5.56 Å². The van der Waals surface area contributed by atoms with Gasteiger partial charge in [0.1, 0.15) is 5.60 Å². The zero-order valence-electron chi connectivity index (χ0n) is 14.5. The Kier molecular flexibility index (Phi) is 5.54. The van der Waals surface area contributed by atoms with Gasteiger partial charge in [-0.3, -0.25) is 4.79 Å². The zero-order valence-corrected chi connectivity index (χ0v) is 14.5. The molecule has 0 unspecified atom stereocenters. The number of benzene rings is 1. The standard InChI is InChI=1S/C19H28N2O3/c1-23-19(7-11-20-12-8-19)17(22)21-15-18(9-13-24-14-10-18)16-5-3-2-4-6-16/h2-6,20H,7-15H2,1H3,(H,21,22). The van der Waals surface area contributed by atoms with E-state index in [1.807, 2.05) is 6.07 Å². The number of rotatable bonds is 5. The van der Waals surface area contributed by atoms with E-state index < -0.39 is 5.60 Å². The topological polar surface area (TPSA) is 59.6 Å². The molecule has 0 aliphatic carbocycles. The molecule has 0 aromatic heterocycles. The molecule has 5 nitrogen and oxygen atoms in total. The Hall–Kier alpha value is -1.43. The van der Waals surface area contributed by atoms with Crippen LogP contribution in [-0.4, -0.2) is 51.5 Å². The average molecular weight is 332 g/mol. The molecule has 0 spiro atoms. The monoisotopic (exact) mass is 332 g/mol. The fraction of sp³-hybridized carbons (Fsp3) is 0.632. The Balaban J connectivity index is 1.73. The fourth-order valence-electron chi connectivity index (χ4n) is 3.89. The van der Waals surface area contributed by atoms with Crippen molar-refractivity contribution in [2.45, 2.75) is 36.7 Å². The summed E-state index contributed by atoms with van der Waals surface area (Å²) in [5.41, 5.74) is 0.552. The molecule has 0 saturated carbocycles. The maximum atomic E-state index is 12.9. The fourth-order valence-corrected chi connectivity index (χ4v) is 3.89. The molecule has 3 rings (SSSR count). The van der Waals surface area contributed by atoms with E-state index in [1.54, 1.807) is 7.11 Å². The largest absolute Gasteiger partial charge is 0.381 e. The lowest BCUT2D eigenvalue weighted by molar-refractivity contribution is -0.147. The van der Waals surface area contributed by atoms with Crippen molar-refractivity contribution in [2.75, 3.05) is 40.0 Å². The molecule has 2 aliphatic rings. The third-order valence-corrected chi connectivity index (χ3v) is 5.64. The van der Waals surface area contributed by atoms with Gasteiger partial charge in [-0.05, 0) is 44.3 Å². The lowest BCUT2D eigenvalue weighted by Crippen LogP contribution is -2.56. The molecule has 1 aromatic carbocycles. The molecule has 1 amide bonds. The van der Waals surface area contributed by atoms with Gasteiger partial charge in [0, 0.05) is 32.3 Å². The van der Waals surface area contributed by atoms with Gasteiger partial charge in [-0.25, -0.2) is 0 Å². The normalized spacial score (nSPS) is 22.7. The van der Waals surface area contributed by atoms with Crippen molar-refractivity contribution in [3.05, 3.63) is 35.9 Å². The second-order valence-corrected chi connectivity index (χ2v) is 6.89. The van der Waals surface area contributed by atoms with E-state index in [-0.39, 0.29) is 11.3 Å². The van der Waals surface area contributed by atoms with Crippen LogP contribution in [0.25, 0.3) is 0 Å². The van der Waals surface area contributed by atoms with Crippen molar-refractivity contribution in [2.24, 2.45) is 0 Å². The summed E-state index contributed by atoms with van der Waals surface area (Å²) < 4.78 is 11.2. The molecule has 0 bridgehead atoms. The van der Waals surface area contributed by atoms with Crippen LogP contribution in [0.4, 0.5) is 0 Å². The third-order valence-electron chi connectivity index (χ3n) is 5.64. The molecule has 1 aromatic rings. The summed E-state index contributed by atoms with van der Waals surface area (Å²) in [4.78, 5) is 12.9. The number of carbonyl (C=O) groups is 1. The van der Waals surface area contributed by atoms with Crippen LogP contribution in [0.2, 0.25) is 0 Å². The first kappa shape index (κ1) is 17.4. The van der Waals surface area contributed by atoms with Crippen molar-refractivity contribution in [3.63, 3.8) is 0 Å². The molecular formula is C19H28N2O3. The summed E-state index contributed by atoms with van der Waals surface area (Å²) in [6, 6.07) is 10.5. The number of methoxy groups -OCH3 is 1. The maximum Gasteiger partial charge on any atom is 0.252 e. The smallest absolute Gasteiger partial charge is 0.252 e. The highest BCUT2D eigenvalue weighted by atomic mass is 16.5. The highest BCUT2D eigenvalue weighted by Gasteiger charge is 2.41. The quantitative estimate of drug-likeness (QED) is 0.860. The Morgan fingerprint density at radius 2 is 1.83 bits per heavy atom.